The Morgan fingerprint density at radius 2 is 2.33 bits per heavy atom. The normalized spacial score (nSPS) is 43.7. The van der Waals surface area contributed by atoms with E-state index in [1.165, 1.54) is 0 Å². The van der Waals surface area contributed by atoms with Crippen molar-refractivity contribution in [3.63, 3.8) is 0 Å². The van der Waals surface area contributed by atoms with E-state index in [4.69, 9.17) is 10.2 Å². The van der Waals surface area contributed by atoms with E-state index in [0.29, 0.717) is 0 Å². The fourth-order valence-electron chi connectivity index (χ4n) is 0.806. The molecule has 1 aliphatic rings. The van der Waals surface area contributed by atoms with Gasteiger partial charge in [0.1, 0.15) is 12.2 Å². The molecule has 0 unspecified atom stereocenters. The van der Waals surface area contributed by atoms with Crippen molar-refractivity contribution in [1.29, 1.82) is 0 Å². The summed E-state index contributed by atoms with van der Waals surface area (Å²) in [5.74, 6) is 0. The van der Waals surface area contributed by atoms with Gasteiger partial charge >= 0.3 is 0 Å². The van der Waals surface area contributed by atoms with Crippen molar-refractivity contribution in [2.75, 3.05) is 13.2 Å². The average Bonchev–Trinajstić information content (AvgIpc) is 2.15. The van der Waals surface area contributed by atoms with Crippen LogP contribution in [0.15, 0.2) is 0 Å². The van der Waals surface area contributed by atoms with E-state index in [-0.39, 0.29) is 13.2 Å². The Labute approximate surface area is 52.1 Å². The molecule has 54 valence electrons. The highest BCUT2D eigenvalue weighted by molar-refractivity contribution is 4.82. The Morgan fingerprint density at radius 3 is 2.56 bits per heavy atom. The number of hydrogen-bond acceptors (Lipinski definition) is 3. The maximum absolute atomic E-state index is 12.3. The molecule has 1 aliphatic heterocycles. The number of alkyl halides is 1. The second-order valence-corrected chi connectivity index (χ2v) is 2.06. The summed E-state index contributed by atoms with van der Waals surface area (Å²) in [6.07, 6.45) is -3.20. The van der Waals surface area contributed by atoms with E-state index in [9.17, 15) is 4.39 Å². The van der Waals surface area contributed by atoms with Crippen LogP contribution in [0, 0.1) is 0 Å². The Bertz CT molecular complexity index is 98.2. The number of hydrogen-bond donors (Lipinski definition) is 2. The van der Waals surface area contributed by atoms with Gasteiger partial charge in [-0.2, -0.15) is 0 Å². The largest absolute Gasteiger partial charge is 0.394 e. The molecule has 2 N–H and O–H groups in total. The first-order valence-electron chi connectivity index (χ1n) is 2.80. The molecule has 0 saturated carbocycles. The zero-order chi connectivity index (χ0) is 6.85. The number of aliphatic hydroxyl groups is 2. The molecule has 3 nitrogen and oxygen atoms in total. The second-order valence-electron chi connectivity index (χ2n) is 2.06. The van der Waals surface area contributed by atoms with Gasteiger partial charge in [0, 0.05) is 0 Å². The van der Waals surface area contributed by atoms with Gasteiger partial charge in [0.15, 0.2) is 6.17 Å². The molecule has 1 heterocycles. The molecule has 1 saturated heterocycles. The molecule has 1 fully saturated rings. The highest BCUT2D eigenvalue weighted by atomic mass is 19.1. The summed E-state index contributed by atoms with van der Waals surface area (Å²) in [5.41, 5.74) is 0. The molecule has 0 aromatic rings. The quantitative estimate of drug-likeness (QED) is 0.490. The minimum atomic E-state index is -1.33. The van der Waals surface area contributed by atoms with Crippen LogP contribution in [-0.4, -0.2) is 41.8 Å². The lowest BCUT2D eigenvalue weighted by Crippen LogP contribution is -2.29. The Morgan fingerprint density at radius 1 is 1.67 bits per heavy atom. The van der Waals surface area contributed by atoms with Gasteiger partial charge in [0.05, 0.1) is 13.2 Å². The van der Waals surface area contributed by atoms with E-state index in [2.05, 4.69) is 4.74 Å². The van der Waals surface area contributed by atoms with Crippen LogP contribution in [0.5, 0.6) is 0 Å². The van der Waals surface area contributed by atoms with Crippen LogP contribution >= 0.6 is 0 Å². The summed E-state index contributed by atoms with van der Waals surface area (Å²) in [6, 6.07) is 0. The molecule has 3 atom stereocenters. The second kappa shape index (κ2) is 2.60. The topological polar surface area (TPSA) is 49.7 Å². The predicted molar refractivity (Wildman–Crippen MR) is 27.7 cm³/mol. The van der Waals surface area contributed by atoms with Gasteiger partial charge in [-0.25, -0.2) is 4.39 Å². The third kappa shape index (κ3) is 1.20. The molecule has 4 heteroatoms. The van der Waals surface area contributed by atoms with Crippen molar-refractivity contribution in [3.05, 3.63) is 0 Å². The first kappa shape index (κ1) is 6.92. The summed E-state index contributed by atoms with van der Waals surface area (Å²) >= 11 is 0. The molecule has 0 bridgehead atoms. The zero-order valence-electron chi connectivity index (χ0n) is 4.83. The molecule has 0 aliphatic carbocycles. The lowest BCUT2D eigenvalue weighted by atomic mass is 10.2. The molecular formula is C5H9FO3. The highest BCUT2D eigenvalue weighted by Crippen LogP contribution is 2.15. The fraction of sp³-hybridized carbons (Fsp3) is 1.00. The molecular weight excluding hydrogens is 127 g/mol. The molecule has 0 aromatic heterocycles. The minimum Gasteiger partial charge on any atom is -0.394 e. The van der Waals surface area contributed by atoms with Gasteiger partial charge in [-0.3, -0.25) is 0 Å². The first-order valence-corrected chi connectivity index (χ1v) is 2.80. The maximum atomic E-state index is 12.3. The lowest BCUT2D eigenvalue weighted by Gasteiger charge is -2.09. The third-order valence-electron chi connectivity index (χ3n) is 1.40. The van der Waals surface area contributed by atoms with Gasteiger partial charge in [-0.1, -0.05) is 0 Å². The number of aliphatic hydroxyl groups excluding tert-OH is 2. The summed E-state index contributed by atoms with van der Waals surface area (Å²) in [7, 11) is 0. The SMILES string of the molecule is OC[C@@H]1OC[C@@H](F)[C@@H]1O. The van der Waals surface area contributed by atoms with Gasteiger partial charge in [0.2, 0.25) is 0 Å². The van der Waals surface area contributed by atoms with E-state index >= 15 is 0 Å². The van der Waals surface area contributed by atoms with Gasteiger partial charge in [-0.15, -0.1) is 0 Å². The minimum absolute atomic E-state index is 0.105. The van der Waals surface area contributed by atoms with Crippen LogP contribution in [0.1, 0.15) is 0 Å². The predicted octanol–water partition coefficient (Wildman–Crippen LogP) is -0.923. The van der Waals surface area contributed by atoms with E-state index in [1.54, 1.807) is 0 Å². The van der Waals surface area contributed by atoms with Crippen LogP contribution in [-0.2, 0) is 4.74 Å². The van der Waals surface area contributed by atoms with Gasteiger partial charge < -0.3 is 14.9 Å². The Kier molecular flexibility index (Phi) is 2.00. The van der Waals surface area contributed by atoms with Crippen molar-refractivity contribution in [3.8, 4) is 0 Å². The van der Waals surface area contributed by atoms with Crippen molar-refractivity contribution in [2.45, 2.75) is 18.4 Å². The van der Waals surface area contributed by atoms with Crippen molar-refractivity contribution >= 4 is 0 Å². The van der Waals surface area contributed by atoms with Crippen LogP contribution in [0.3, 0.4) is 0 Å². The van der Waals surface area contributed by atoms with Crippen LogP contribution in [0.4, 0.5) is 4.39 Å². The lowest BCUT2D eigenvalue weighted by molar-refractivity contribution is 0.000304. The molecule has 0 aromatic carbocycles. The maximum Gasteiger partial charge on any atom is 0.152 e. The molecule has 0 radical (unpaired) electrons. The van der Waals surface area contributed by atoms with E-state index in [1.807, 2.05) is 0 Å². The molecule has 0 spiro atoms. The smallest absolute Gasteiger partial charge is 0.152 e. The fourth-order valence-corrected chi connectivity index (χ4v) is 0.806. The highest BCUT2D eigenvalue weighted by Gasteiger charge is 2.35. The van der Waals surface area contributed by atoms with Crippen molar-refractivity contribution < 1.29 is 19.3 Å². The number of rotatable bonds is 1. The van der Waals surface area contributed by atoms with E-state index < -0.39 is 18.4 Å². The molecule has 1 rings (SSSR count). The zero-order valence-corrected chi connectivity index (χ0v) is 4.83. The Hall–Kier alpha value is -0.190. The van der Waals surface area contributed by atoms with Gasteiger partial charge in [0.25, 0.3) is 0 Å². The van der Waals surface area contributed by atoms with Crippen LogP contribution < -0.4 is 0 Å². The summed E-state index contributed by atoms with van der Waals surface area (Å²) in [4.78, 5) is 0. The molecule has 0 amide bonds. The number of ether oxygens (including phenoxy) is 1. The summed E-state index contributed by atoms with van der Waals surface area (Å²) in [6.45, 7) is -0.423. The van der Waals surface area contributed by atoms with Crippen molar-refractivity contribution in [1.82, 2.24) is 0 Å². The number of halogens is 1. The molecule has 9 heavy (non-hydrogen) atoms. The van der Waals surface area contributed by atoms with E-state index in [0.717, 1.165) is 0 Å². The average molecular weight is 136 g/mol. The monoisotopic (exact) mass is 136 g/mol. The Balaban J connectivity index is 2.41. The van der Waals surface area contributed by atoms with Crippen LogP contribution in [0.2, 0.25) is 0 Å². The summed E-state index contributed by atoms with van der Waals surface area (Å²) < 4.78 is 16.9. The standard InChI is InChI=1S/C5H9FO3/c6-3-2-9-4(1-7)5(3)8/h3-5,7-8H,1-2H2/t3-,4+,5+/m1/s1. The van der Waals surface area contributed by atoms with Crippen molar-refractivity contribution in [2.24, 2.45) is 0 Å². The van der Waals surface area contributed by atoms with Gasteiger partial charge in [-0.05, 0) is 0 Å². The van der Waals surface area contributed by atoms with Crippen LogP contribution in [0.25, 0.3) is 0 Å². The first-order chi connectivity index (χ1) is 4.25. The third-order valence-corrected chi connectivity index (χ3v) is 1.40. The summed E-state index contributed by atoms with van der Waals surface area (Å²) in [5, 5.41) is 17.2.